The van der Waals surface area contributed by atoms with Crippen LogP contribution in [0.25, 0.3) is 0 Å². The van der Waals surface area contributed by atoms with Crippen molar-refractivity contribution < 1.29 is 33.3 Å². The summed E-state index contributed by atoms with van der Waals surface area (Å²) in [5, 5.41) is 0. The number of benzene rings is 2. The number of rotatable bonds is 7. The van der Waals surface area contributed by atoms with E-state index in [0.717, 1.165) is 0 Å². The molecule has 0 heterocycles. The zero-order chi connectivity index (χ0) is 23.9. The number of amides is 2. The Bertz CT molecular complexity index is 971. The number of ketones is 1. The Morgan fingerprint density at radius 3 is 2.00 bits per heavy atom. The van der Waals surface area contributed by atoms with Gasteiger partial charge in [0.1, 0.15) is 5.60 Å². The van der Waals surface area contributed by atoms with E-state index in [2.05, 4.69) is 10.9 Å². The van der Waals surface area contributed by atoms with Crippen LogP contribution in [-0.4, -0.2) is 44.7 Å². The van der Waals surface area contributed by atoms with Gasteiger partial charge in [0.05, 0.1) is 21.3 Å². The van der Waals surface area contributed by atoms with Crippen LogP contribution < -0.4 is 25.1 Å². The molecule has 32 heavy (non-hydrogen) atoms. The maximum absolute atomic E-state index is 13.0. The fourth-order valence-corrected chi connectivity index (χ4v) is 2.89. The smallest absolute Gasteiger partial charge is 0.426 e. The zero-order valence-electron chi connectivity index (χ0n) is 19.0. The van der Waals surface area contributed by atoms with Crippen molar-refractivity contribution in [3.8, 4) is 17.2 Å². The van der Waals surface area contributed by atoms with E-state index in [1.165, 1.54) is 21.3 Å². The molecule has 0 aliphatic carbocycles. The molecular weight excluding hydrogens is 416 g/mol. The standard InChI is InChI=1S/C23H28N2O7/c1-23(2,3)32-22(28)25-24-21(27)16-10-8-7-9-14(16)11-17(26)15-12-18(29-4)20(31-6)19(13-15)30-5/h7-10,12-13H,11H2,1-6H3,(H,24,27)(H,25,28). The molecule has 0 saturated carbocycles. The summed E-state index contributed by atoms with van der Waals surface area (Å²) in [5.74, 6) is 0.235. The second-order valence-corrected chi connectivity index (χ2v) is 7.75. The molecule has 2 N–H and O–H groups in total. The first-order valence-electron chi connectivity index (χ1n) is 9.80. The van der Waals surface area contributed by atoms with E-state index >= 15 is 0 Å². The maximum atomic E-state index is 13.0. The average Bonchev–Trinajstić information content (AvgIpc) is 2.75. The van der Waals surface area contributed by atoms with Gasteiger partial charge in [-0.25, -0.2) is 10.2 Å². The average molecular weight is 444 g/mol. The number of hydrazine groups is 1. The lowest BCUT2D eigenvalue weighted by Crippen LogP contribution is -2.44. The third-order valence-corrected chi connectivity index (χ3v) is 4.28. The lowest BCUT2D eigenvalue weighted by atomic mass is 9.98. The summed E-state index contributed by atoms with van der Waals surface area (Å²) in [4.78, 5) is 37.3. The van der Waals surface area contributed by atoms with Crippen molar-refractivity contribution in [2.45, 2.75) is 32.8 Å². The van der Waals surface area contributed by atoms with Crippen LogP contribution in [0.4, 0.5) is 4.79 Å². The minimum Gasteiger partial charge on any atom is -0.493 e. The molecule has 2 aromatic rings. The second-order valence-electron chi connectivity index (χ2n) is 7.75. The van der Waals surface area contributed by atoms with Crippen molar-refractivity contribution in [2.75, 3.05) is 21.3 Å². The SMILES string of the molecule is COc1cc(C(=O)Cc2ccccc2C(=O)NNC(=O)OC(C)(C)C)cc(OC)c1OC. The molecule has 9 heteroatoms. The molecule has 0 saturated heterocycles. The van der Waals surface area contributed by atoms with E-state index in [9.17, 15) is 14.4 Å². The predicted molar refractivity (Wildman–Crippen MR) is 117 cm³/mol. The number of hydrogen-bond donors (Lipinski definition) is 2. The molecule has 0 unspecified atom stereocenters. The summed E-state index contributed by atoms with van der Waals surface area (Å²) in [7, 11) is 4.40. The van der Waals surface area contributed by atoms with E-state index in [0.29, 0.717) is 28.4 Å². The van der Waals surface area contributed by atoms with Crippen LogP contribution in [-0.2, 0) is 11.2 Å². The zero-order valence-corrected chi connectivity index (χ0v) is 19.0. The van der Waals surface area contributed by atoms with Gasteiger partial charge in [0, 0.05) is 17.5 Å². The van der Waals surface area contributed by atoms with Crippen LogP contribution >= 0.6 is 0 Å². The fourth-order valence-electron chi connectivity index (χ4n) is 2.89. The Labute approximate surface area is 187 Å². The molecule has 0 aliphatic rings. The molecule has 0 bridgehead atoms. The highest BCUT2D eigenvalue weighted by molar-refractivity contribution is 6.02. The molecule has 0 radical (unpaired) electrons. The van der Waals surface area contributed by atoms with Gasteiger partial charge in [-0.1, -0.05) is 18.2 Å². The van der Waals surface area contributed by atoms with E-state index < -0.39 is 17.6 Å². The summed E-state index contributed by atoms with van der Waals surface area (Å²) in [6.45, 7) is 5.12. The van der Waals surface area contributed by atoms with Crippen molar-refractivity contribution in [2.24, 2.45) is 0 Å². The van der Waals surface area contributed by atoms with Crippen molar-refractivity contribution in [3.63, 3.8) is 0 Å². The highest BCUT2D eigenvalue weighted by Gasteiger charge is 2.20. The summed E-state index contributed by atoms with van der Waals surface area (Å²) in [6, 6.07) is 9.71. The molecule has 0 aliphatic heterocycles. The van der Waals surface area contributed by atoms with E-state index in [4.69, 9.17) is 18.9 Å². The molecule has 0 spiro atoms. The number of nitrogens with one attached hydrogen (secondary N) is 2. The van der Waals surface area contributed by atoms with E-state index in [1.807, 2.05) is 0 Å². The highest BCUT2D eigenvalue weighted by atomic mass is 16.6. The Hall–Kier alpha value is -3.75. The Morgan fingerprint density at radius 2 is 1.47 bits per heavy atom. The molecule has 0 fully saturated rings. The summed E-state index contributed by atoms with van der Waals surface area (Å²) in [5.41, 5.74) is 4.84. The van der Waals surface area contributed by atoms with Crippen LogP contribution in [0.15, 0.2) is 36.4 Å². The number of carbonyl (C=O) groups is 3. The monoisotopic (exact) mass is 444 g/mol. The Morgan fingerprint density at radius 1 is 0.875 bits per heavy atom. The third kappa shape index (κ3) is 6.37. The van der Waals surface area contributed by atoms with Crippen LogP contribution in [0.3, 0.4) is 0 Å². The van der Waals surface area contributed by atoms with Crippen molar-refractivity contribution >= 4 is 17.8 Å². The quantitative estimate of drug-likeness (QED) is 0.498. The predicted octanol–water partition coefficient (Wildman–Crippen LogP) is 3.31. The van der Waals surface area contributed by atoms with Crippen molar-refractivity contribution in [1.29, 1.82) is 0 Å². The van der Waals surface area contributed by atoms with Gasteiger partial charge >= 0.3 is 6.09 Å². The number of hydrogen-bond acceptors (Lipinski definition) is 7. The van der Waals surface area contributed by atoms with E-state index in [-0.39, 0.29) is 17.8 Å². The normalized spacial score (nSPS) is 10.7. The lowest BCUT2D eigenvalue weighted by Gasteiger charge is -2.20. The van der Waals surface area contributed by atoms with Crippen molar-refractivity contribution in [1.82, 2.24) is 10.9 Å². The summed E-state index contributed by atoms with van der Waals surface area (Å²) < 4.78 is 21.0. The first-order chi connectivity index (χ1) is 15.1. The van der Waals surface area contributed by atoms with Crippen LogP contribution in [0.5, 0.6) is 17.2 Å². The number of ether oxygens (including phenoxy) is 4. The van der Waals surface area contributed by atoms with Gasteiger partial charge in [-0.05, 0) is 44.5 Å². The lowest BCUT2D eigenvalue weighted by molar-refractivity contribution is 0.0483. The van der Waals surface area contributed by atoms with Crippen LogP contribution in [0.2, 0.25) is 0 Å². The molecule has 2 amide bonds. The highest BCUT2D eigenvalue weighted by Crippen LogP contribution is 2.38. The third-order valence-electron chi connectivity index (χ3n) is 4.28. The molecule has 0 atom stereocenters. The second kappa shape index (κ2) is 10.5. The summed E-state index contributed by atoms with van der Waals surface area (Å²) in [6.07, 6.45) is -0.855. The molecule has 9 nitrogen and oxygen atoms in total. The van der Waals surface area contributed by atoms with E-state index in [1.54, 1.807) is 57.2 Å². The Kier molecular flexibility index (Phi) is 8.06. The first-order valence-corrected chi connectivity index (χ1v) is 9.80. The van der Waals surface area contributed by atoms with Gasteiger partial charge in [0.2, 0.25) is 5.75 Å². The van der Waals surface area contributed by atoms with Gasteiger partial charge in [-0.3, -0.25) is 15.0 Å². The topological polar surface area (TPSA) is 112 Å². The first kappa shape index (κ1) is 24.5. The maximum Gasteiger partial charge on any atom is 0.426 e. The Balaban J connectivity index is 2.20. The van der Waals surface area contributed by atoms with Gasteiger partial charge in [-0.15, -0.1) is 0 Å². The largest absolute Gasteiger partial charge is 0.493 e. The van der Waals surface area contributed by atoms with Crippen LogP contribution in [0, 0.1) is 0 Å². The molecule has 172 valence electrons. The molecule has 0 aromatic heterocycles. The van der Waals surface area contributed by atoms with Crippen LogP contribution in [0.1, 0.15) is 47.1 Å². The molecular formula is C23H28N2O7. The van der Waals surface area contributed by atoms with Gasteiger partial charge < -0.3 is 18.9 Å². The van der Waals surface area contributed by atoms with Gasteiger partial charge in [0.25, 0.3) is 5.91 Å². The fraction of sp³-hybridized carbons (Fsp3) is 0.348. The number of carbonyl (C=O) groups excluding carboxylic acids is 3. The minimum absolute atomic E-state index is 0.0608. The van der Waals surface area contributed by atoms with Crippen molar-refractivity contribution in [3.05, 3.63) is 53.1 Å². The van der Waals surface area contributed by atoms with Gasteiger partial charge in [0.15, 0.2) is 17.3 Å². The van der Waals surface area contributed by atoms with Gasteiger partial charge in [-0.2, -0.15) is 0 Å². The number of methoxy groups -OCH3 is 3. The number of Topliss-reactive ketones (excluding diaryl/α,β-unsaturated/α-hetero) is 1. The molecule has 2 aromatic carbocycles. The minimum atomic E-state index is -0.795. The summed E-state index contributed by atoms with van der Waals surface area (Å²) >= 11 is 0. The molecule has 2 rings (SSSR count).